The van der Waals surface area contributed by atoms with Gasteiger partial charge in [0.1, 0.15) is 12.1 Å². The lowest BCUT2D eigenvalue weighted by Crippen LogP contribution is -2.03. The Hall–Kier alpha value is -4.11. The average Bonchev–Trinajstić information content (AvgIpc) is 3.17. The summed E-state index contributed by atoms with van der Waals surface area (Å²) < 4.78 is 6.76. The molecular formula is C22H15N5O3S. The van der Waals surface area contributed by atoms with Crippen molar-refractivity contribution in [2.45, 2.75) is 6.92 Å². The zero-order valence-corrected chi connectivity index (χ0v) is 17.1. The third-order valence-electron chi connectivity index (χ3n) is 4.75. The molecule has 152 valence electrons. The van der Waals surface area contributed by atoms with Crippen LogP contribution < -0.4 is 10.1 Å². The molecule has 0 saturated carbocycles. The van der Waals surface area contributed by atoms with Crippen molar-refractivity contribution in [3.05, 3.63) is 82.7 Å². The summed E-state index contributed by atoms with van der Waals surface area (Å²) in [6.45, 7) is 1.97. The maximum Gasteiger partial charge on any atom is 0.373 e. The van der Waals surface area contributed by atoms with Crippen LogP contribution in [0, 0.1) is 17.0 Å². The molecule has 0 aliphatic heterocycles. The number of hydrogen-bond acceptors (Lipinski definition) is 8. The molecule has 0 aliphatic carbocycles. The third kappa shape index (κ3) is 3.62. The van der Waals surface area contributed by atoms with Crippen molar-refractivity contribution in [2.24, 2.45) is 0 Å². The molecule has 0 radical (unpaired) electrons. The van der Waals surface area contributed by atoms with Crippen molar-refractivity contribution < 1.29 is 9.66 Å². The molecule has 0 spiro atoms. The number of nitrogens with zero attached hydrogens (tertiary/aromatic N) is 4. The molecule has 31 heavy (non-hydrogen) atoms. The smallest absolute Gasteiger partial charge is 0.373 e. The summed E-state index contributed by atoms with van der Waals surface area (Å²) in [4.78, 5) is 23.9. The quantitative estimate of drug-likeness (QED) is 0.270. The molecule has 3 aromatic carbocycles. The van der Waals surface area contributed by atoms with Crippen LogP contribution in [-0.2, 0) is 0 Å². The molecule has 2 aromatic heterocycles. The molecule has 8 nitrogen and oxygen atoms in total. The van der Waals surface area contributed by atoms with E-state index in [-0.39, 0.29) is 17.4 Å². The number of nitro groups is 1. The third-order valence-corrected chi connectivity index (χ3v) is 5.69. The van der Waals surface area contributed by atoms with Crippen LogP contribution in [0.3, 0.4) is 0 Å². The van der Waals surface area contributed by atoms with Gasteiger partial charge in [0.25, 0.3) is 0 Å². The number of ether oxygens (including phenoxy) is 1. The molecule has 0 bridgehead atoms. The van der Waals surface area contributed by atoms with E-state index < -0.39 is 4.92 Å². The van der Waals surface area contributed by atoms with Gasteiger partial charge in [0.15, 0.2) is 5.13 Å². The lowest BCUT2D eigenvalue weighted by molar-refractivity contribution is -0.385. The van der Waals surface area contributed by atoms with Crippen LogP contribution in [0.2, 0.25) is 0 Å². The summed E-state index contributed by atoms with van der Waals surface area (Å²) in [5, 5.41) is 17.3. The Morgan fingerprint density at radius 1 is 1.03 bits per heavy atom. The molecule has 1 N–H and O–H groups in total. The van der Waals surface area contributed by atoms with Crippen LogP contribution in [0.1, 0.15) is 5.56 Å². The van der Waals surface area contributed by atoms with Gasteiger partial charge in [0, 0.05) is 0 Å². The molecule has 0 fully saturated rings. The normalized spacial score (nSPS) is 11.0. The zero-order chi connectivity index (χ0) is 21.4. The fourth-order valence-corrected chi connectivity index (χ4v) is 4.22. The van der Waals surface area contributed by atoms with Gasteiger partial charge < -0.3 is 10.1 Å². The van der Waals surface area contributed by atoms with E-state index in [0.717, 1.165) is 26.6 Å². The molecule has 0 atom stereocenters. The minimum atomic E-state index is -0.558. The van der Waals surface area contributed by atoms with Gasteiger partial charge in [-0.15, -0.1) is 0 Å². The first-order valence-electron chi connectivity index (χ1n) is 9.38. The fourth-order valence-electron chi connectivity index (χ4n) is 3.28. The fraction of sp³-hybridized carbons (Fsp3) is 0.0455. The van der Waals surface area contributed by atoms with Crippen molar-refractivity contribution in [1.82, 2.24) is 15.0 Å². The minimum absolute atomic E-state index is 0.0208. The minimum Gasteiger partial charge on any atom is -0.434 e. The van der Waals surface area contributed by atoms with Crippen molar-refractivity contribution in [2.75, 3.05) is 5.32 Å². The van der Waals surface area contributed by atoms with E-state index in [2.05, 4.69) is 20.3 Å². The lowest BCUT2D eigenvalue weighted by Gasteiger charge is -2.08. The van der Waals surface area contributed by atoms with Crippen molar-refractivity contribution >= 4 is 49.0 Å². The Labute approximate surface area is 180 Å². The monoisotopic (exact) mass is 429 g/mol. The summed E-state index contributed by atoms with van der Waals surface area (Å²) in [6, 6.07) is 19.1. The second-order valence-corrected chi connectivity index (χ2v) is 7.84. The maximum atomic E-state index is 11.9. The molecule has 0 saturated heterocycles. The molecule has 0 aliphatic rings. The number of fused-ring (bicyclic) bond motifs is 2. The Morgan fingerprint density at radius 2 is 1.87 bits per heavy atom. The zero-order valence-electron chi connectivity index (χ0n) is 16.3. The number of thiazole rings is 1. The second kappa shape index (κ2) is 7.62. The van der Waals surface area contributed by atoms with Gasteiger partial charge >= 0.3 is 11.6 Å². The number of hydrogen-bond donors (Lipinski definition) is 1. The maximum absolute atomic E-state index is 11.9. The number of anilines is 2. The Balaban J connectivity index is 1.51. The van der Waals surface area contributed by atoms with E-state index >= 15 is 0 Å². The van der Waals surface area contributed by atoms with Crippen LogP contribution >= 0.6 is 11.3 Å². The van der Waals surface area contributed by atoms with E-state index in [4.69, 9.17) is 4.74 Å². The van der Waals surface area contributed by atoms with Crippen LogP contribution in [0.15, 0.2) is 67.0 Å². The summed E-state index contributed by atoms with van der Waals surface area (Å²) in [5.74, 6) is 0.324. The van der Waals surface area contributed by atoms with E-state index in [1.807, 2.05) is 61.5 Å². The summed E-state index contributed by atoms with van der Waals surface area (Å²) in [7, 11) is 0. The van der Waals surface area contributed by atoms with Gasteiger partial charge in [0.2, 0.25) is 5.82 Å². The SMILES string of the molecule is Cc1cccc2sc(Nc3ncnc(Oc4ccc5ccccc5c4)c3[N+](=O)[O-])nc12. The standard InChI is InChI=1S/C22H15N5O3S/c1-13-5-4-8-17-18(13)25-22(31-17)26-20-19(27(28)29)21(24-12-23-20)30-16-10-9-14-6-2-3-7-15(14)11-16/h2-12H,1H3,(H,23,24,25,26). The highest BCUT2D eigenvalue weighted by atomic mass is 32.1. The molecular weight excluding hydrogens is 414 g/mol. The first-order valence-corrected chi connectivity index (χ1v) is 10.2. The average molecular weight is 429 g/mol. The Bertz CT molecular complexity index is 1450. The lowest BCUT2D eigenvalue weighted by atomic mass is 10.1. The first-order chi connectivity index (χ1) is 15.1. The number of aryl methyl sites for hydroxylation is 1. The second-order valence-electron chi connectivity index (χ2n) is 6.81. The summed E-state index contributed by atoms with van der Waals surface area (Å²) in [5.41, 5.74) is 1.52. The van der Waals surface area contributed by atoms with Gasteiger partial charge in [0.05, 0.1) is 15.1 Å². The van der Waals surface area contributed by atoms with Crippen molar-refractivity contribution in [1.29, 1.82) is 0 Å². The number of aromatic nitrogens is 3. The Morgan fingerprint density at radius 3 is 2.68 bits per heavy atom. The van der Waals surface area contributed by atoms with E-state index in [1.54, 1.807) is 6.07 Å². The van der Waals surface area contributed by atoms with Gasteiger partial charge in [-0.1, -0.05) is 53.8 Å². The number of para-hydroxylation sites is 1. The van der Waals surface area contributed by atoms with Gasteiger partial charge in [-0.05, 0) is 41.5 Å². The molecule has 2 heterocycles. The molecule has 9 heteroatoms. The molecule has 0 unspecified atom stereocenters. The molecule has 5 rings (SSSR count). The van der Waals surface area contributed by atoms with E-state index in [1.165, 1.54) is 17.7 Å². The summed E-state index contributed by atoms with van der Waals surface area (Å²) in [6.07, 6.45) is 1.23. The van der Waals surface area contributed by atoms with Gasteiger partial charge in [-0.25, -0.2) is 9.97 Å². The first kappa shape index (κ1) is 18.9. The van der Waals surface area contributed by atoms with E-state index in [9.17, 15) is 10.1 Å². The summed E-state index contributed by atoms with van der Waals surface area (Å²) >= 11 is 1.39. The Kier molecular flexibility index (Phi) is 4.64. The van der Waals surface area contributed by atoms with E-state index in [0.29, 0.717) is 10.9 Å². The van der Waals surface area contributed by atoms with Crippen LogP contribution in [0.25, 0.3) is 21.0 Å². The number of nitrogens with one attached hydrogen (secondary N) is 1. The predicted octanol–water partition coefficient (Wildman–Crippen LogP) is 5.99. The number of rotatable bonds is 5. The van der Waals surface area contributed by atoms with Crippen LogP contribution in [0.5, 0.6) is 11.6 Å². The van der Waals surface area contributed by atoms with Crippen LogP contribution in [-0.4, -0.2) is 19.9 Å². The predicted molar refractivity (Wildman–Crippen MR) is 120 cm³/mol. The molecule has 0 amide bonds. The van der Waals surface area contributed by atoms with Gasteiger partial charge in [-0.3, -0.25) is 10.1 Å². The van der Waals surface area contributed by atoms with Crippen molar-refractivity contribution in [3.63, 3.8) is 0 Å². The van der Waals surface area contributed by atoms with Crippen molar-refractivity contribution in [3.8, 4) is 11.6 Å². The highest BCUT2D eigenvalue weighted by molar-refractivity contribution is 7.22. The highest BCUT2D eigenvalue weighted by Gasteiger charge is 2.26. The number of benzene rings is 3. The van der Waals surface area contributed by atoms with Gasteiger partial charge in [-0.2, -0.15) is 4.98 Å². The highest BCUT2D eigenvalue weighted by Crippen LogP contribution is 2.37. The van der Waals surface area contributed by atoms with Crippen LogP contribution in [0.4, 0.5) is 16.6 Å². The largest absolute Gasteiger partial charge is 0.434 e. The topological polar surface area (TPSA) is 103 Å². The molecule has 5 aromatic rings.